The van der Waals surface area contributed by atoms with E-state index < -0.39 is 82.8 Å². The Labute approximate surface area is 261 Å². The molecule has 47 heavy (non-hydrogen) atoms. The van der Waals surface area contributed by atoms with E-state index in [1.165, 1.54) is 21.5 Å². The van der Waals surface area contributed by atoms with Crippen LogP contribution in [-0.2, 0) is 31.8 Å². The van der Waals surface area contributed by atoms with Gasteiger partial charge in [0.05, 0.1) is 25.4 Å². The lowest BCUT2D eigenvalue weighted by atomic mass is 10.2. The average Bonchev–Trinajstić information content (AvgIpc) is 3.47. The molecule has 2 fully saturated rings. The molecule has 0 amide bonds. The zero-order valence-corrected chi connectivity index (χ0v) is 26.9. The fraction of sp³-hybridized carbons (Fsp3) is 0.600. The van der Waals surface area contributed by atoms with Crippen LogP contribution in [0, 0.1) is 13.8 Å². The first-order valence-electron chi connectivity index (χ1n) is 12.9. The molecule has 0 aliphatic carbocycles. The molecule has 0 radical (unpaired) electrons. The lowest BCUT2D eigenvalue weighted by Gasteiger charge is -2.14. The first kappa shape index (κ1) is 40.7. The van der Waals surface area contributed by atoms with Gasteiger partial charge >= 0.3 is 34.8 Å². The molecule has 2 aliphatic heterocycles. The maximum Gasteiger partial charge on any atom is 0.490 e. The summed E-state index contributed by atoms with van der Waals surface area (Å²) in [6.45, 7) is 2.52. The van der Waals surface area contributed by atoms with E-state index in [1.807, 2.05) is 0 Å². The molecule has 4 heterocycles. The summed E-state index contributed by atoms with van der Waals surface area (Å²) >= 11 is 0. The number of aliphatic hydroxyl groups excluding tert-OH is 4. The van der Waals surface area contributed by atoms with Gasteiger partial charge in [-0.2, -0.15) is 8.62 Å². The van der Waals surface area contributed by atoms with Gasteiger partial charge in [0.2, 0.25) is 0 Å². The van der Waals surface area contributed by atoms with Crippen LogP contribution in [0.5, 0.6) is 0 Å². The van der Waals surface area contributed by atoms with E-state index in [4.69, 9.17) is 44.2 Å². The minimum absolute atomic E-state index is 0.205. The Balaban J connectivity index is 0.000000248. The van der Waals surface area contributed by atoms with Crippen LogP contribution in [0.2, 0.25) is 0 Å². The van der Waals surface area contributed by atoms with Crippen molar-refractivity contribution in [3.8, 4) is 0 Å². The Kier molecular flexibility index (Phi) is 14.1. The topological polar surface area (TPSA) is 380 Å². The number of aryl methyl sites for hydroxylation is 2. The molecule has 268 valence electrons. The predicted octanol–water partition coefficient (Wildman–Crippen LogP) is -3.72. The number of hydrogen-bond acceptors (Lipinski definition) is 15. The highest BCUT2D eigenvalue weighted by molar-refractivity contribution is 7.66. The van der Waals surface area contributed by atoms with Crippen LogP contribution in [0.25, 0.3) is 0 Å². The molecule has 27 heteroatoms. The van der Waals surface area contributed by atoms with Crippen LogP contribution >= 0.6 is 23.5 Å². The van der Waals surface area contributed by atoms with E-state index in [-0.39, 0.29) is 26.1 Å². The van der Waals surface area contributed by atoms with Crippen molar-refractivity contribution in [2.45, 2.75) is 63.6 Å². The third kappa shape index (κ3) is 12.5. The third-order valence-corrected chi connectivity index (χ3v) is 9.45. The summed E-state index contributed by atoms with van der Waals surface area (Å²) in [5.74, 6) is 0. The van der Waals surface area contributed by atoms with E-state index in [9.17, 15) is 43.1 Å². The number of rotatable bonds is 8. The Hall–Kier alpha value is -2.47. The number of hydrogen-bond donors (Lipinski definition) is 11. The normalized spacial score (nSPS) is 24.7. The summed E-state index contributed by atoms with van der Waals surface area (Å²) in [5, 5.41) is 37.0. The Morgan fingerprint density at radius 3 is 1.30 bits per heavy atom. The molecular weight excluding hydrogens is 709 g/mol. The van der Waals surface area contributed by atoms with Gasteiger partial charge < -0.3 is 54.4 Å². The van der Waals surface area contributed by atoms with Crippen molar-refractivity contribution in [2.75, 3.05) is 13.2 Å². The SMILES string of the molecule is Cc1cn([C@H]2C[C@H](O)[C@@H](CO)O2)c(=O)[nH]c1=O.Cc1cn([C@H]2C[C@H](O)[C@@H](CO)O2)c(=O)[nH]c1=O.O=P(O)(O)OP(=O)(O)OP(=O)(O)O. The third-order valence-electron chi connectivity index (χ3n) is 6.10. The van der Waals surface area contributed by atoms with Crippen LogP contribution in [0.3, 0.4) is 0 Å². The maximum atomic E-state index is 11.6. The number of aromatic nitrogens is 4. The average molecular weight is 742 g/mol. The molecular formula is C20H33N4O20P3. The molecule has 2 aliphatic rings. The minimum atomic E-state index is -5.46. The number of H-pyrrole nitrogens is 2. The second kappa shape index (κ2) is 16.3. The highest BCUT2D eigenvalue weighted by Gasteiger charge is 2.39. The van der Waals surface area contributed by atoms with E-state index >= 15 is 0 Å². The van der Waals surface area contributed by atoms with Gasteiger partial charge in [0.25, 0.3) is 11.1 Å². The zero-order valence-electron chi connectivity index (χ0n) is 24.2. The highest BCUT2D eigenvalue weighted by Crippen LogP contribution is 2.64. The zero-order chi connectivity index (χ0) is 36.1. The van der Waals surface area contributed by atoms with Crippen molar-refractivity contribution in [1.29, 1.82) is 0 Å². The molecule has 11 N–H and O–H groups in total. The summed E-state index contributed by atoms with van der Waals surface area (Å²) in [7, 11) is -16.2. The van der Waals surface area contributed by atoms with Gasteiger partial charge in [-0.1, -0.05) is 0 Å². The summed E-state index contributed by atoms with van der Waals surface area (Å²) in [6, 6.07) is 0. The maximum absolute atomic E-state index is 11.6. The van der Waals surface area contributed by atoms with Gasteiger partial charge in [-0.25, -0.2) is 23.3 Å². The van der Waals surface area contributed by atoms with Crippen LogP contribution < -0.4 is 22.5 Å². The number of nitrogens with one attached hydrogen (secondary N) is 2. The van der Waals surface area contributed by atoms with Crippen molar-refractivity contribution in [3.05, 3.63) is 65.2 Å². The molecule has 2 aromatic rings. The van der Waals surface area contributed by atoms with Crippen LogP contribution in [0.1, 0.15) is 36.4 Å². The summed E-state index contributed by atoms with van der Waals surface area (Å²) in [5.41, 5.74) is -1.29. The van der Waals surface area contributed by atoms with Crippen molar-refractivity contribution in [3.63, 3.8) is 0 Å². The van der Waals surface area contributed by atoms with Gasteiger partial charge in [-0.15, -0.1) is 0 Å². The first-order chi connectivity index (χ1) is 21.5. The molecule has 6 atom stereocenters. The minimum Gasteiger partial charge on any atom is -0.394 e. The van der Waals surface area contributed by atoms with Gasteiger partial charge in [-0.3, -0.25) is 28.7 Å². The standard InChI is InChI=1S/2C10H14N2O5.H5O10P3/c2*1-5-3-12(10(16)11-9(5)15)8-2-6(14)7(4-13)17-8;1-11(2,3)9-13(7,8)10-12(4,5)6/h2*3,6-8,13-14H,2,4H2,1H3,(H,11,15,16);(H,7,8)(H2,1,2,3)(H2,4,5,6)/t2*6-,7+,8+;/m00./s1. The van der Waals surface area contributed by atoms with Gasteiger partial charge in [-0.05, 0) is 13.8 Å². The van der Waals surface area contributed by atoms with E-state index in [0.29, 0.717) is 11.1 Å². The summed E-state index contributed by atoms with van der Waals surface area (Å²) in [6.07, 6.45) is -1.16. The molecule has 0 aromatic carbocycles. The summed E-state index contributed by atoms with van der Waals surface area (Å²) < 4.78 is 49.5. The lowest BCUT2D eigenvalue weighted by molar-refractivity contribution is -0.0459. The van der Waals surface area contributed by atoms with Crippen molar-refractivity contribution in [1.82, 2.24) is 19.1 Å². The number of aromatic amines is 2. The number of aliphatic hydroxyl groups is 4. The van der Waals surface area contributed by atoms with Crippen molar-refractivity contribution in [2.24, 2.45) is 0 Å². The van der Waals surface area contributed by atoms with Gasteiger partial charge in [0.1, 0.15) is 24.7 Å². The summed E-state index contributed by atoms with van der Waals surface area (Å²) in [4.78, 5) is 90.0. The van der Waals surface area contributed by atoms with E-state index in [2.05, 4.69) is 18.6 Å². The van der Waals surface area contributed by atoms with Crippen LogP contribution in [-0.4, -0.2) is 102 Å². The van der Waals surface area contributed by atoms with Gasteiger partial charge in [0, 0.05) is 36.4 Å². The van der Waals surface area contributed by atoms with Crippen molar-refractivity contribution >= 4 is 23.5 Å². The number of nitrogens with zero attached hydrogens (tertiary/aromatic N) is 2. The molecule has 2 aromatic heterocycles. The van der Waals surface area contributed by atoms with Crippen LogP contribution in [0.4, 0.5) is 0 Å². The molecule has 0 saturated carbocycles. The molecule has 4 rings (SSSR count). The molecule has 24 nitrogen and oxygen atoms in total. The molecule has 2 saturated heterocycles. The largest absolute Gasteiger partial charge is 0.490 e. The predicted molar refractivity (Wildman–Crippen MR) is 151 cm³/mol. The fourth-order valence-electron chi connectivity index (χ4n) is 3.98. The molecule has 0 bridgehead atoms. The number of phosphoric acid groups is 3. The van der Waals surface area contributed by atoms with Crippen molar-refractivity contribution < 1.29 is 76.7 Å². The second-order valence-corrected chi connectivity index (χ2v) is 14.0. The molecule has 0 spiro atoms. The Morgan fingerprint density at radius 1 is 0.723 bits per heavy atom. The van der Waals surface area contributed by atoms with E-state index in [1.54, 1.807) is 13.8 Å². The quantitative estimate of drug-likeness (QED) is 0.116. The highest BCUT2D eigenvalue weighted by atomic mass is 31.3. The second-order valence-electron chi connectivity index (χ2n) is 9.80. The van der Waals surface area contributed by atoms with Gasteiger partial charge in [0.15, 0.2) is 0 Å². The van der Waals surface area contributed by atoms with E-state index in [0.717, 1.165) is 0 Å². The number of ether oxygens (including phenoxy) is 2. The fourth-order valence-corrected chi connectivity index (χ4v) is 6.52. The Bertz CT molecular complexity index is 1640. The van der Waals surface area contributed by atoms with Crippen LogP contribution in [0.15, 0.2) is 31.6 Å². The molecule has 0 unspecified atom stereocenters. The first-order valence-corrected chi connectivity index (χ1v) is 17.4. The monoisotopic (exact) mass is 742 g/mol. The smallest absolute Gasteiger partial charge is 0.394 e. The lowest BCUT2D eigenvalue weighted by Crippen LogP contribution is -2.33. The Morgan fingerprint density at radius 2 is 1.04 bits per heavy atom.